The van der Waals surface area contributed by atoms with E-state index in [1.54, 1.807) is 24.3 Å². The Bertz CT molecular complexity index is 230. The molecule has 0 saturated carbocycles. The number of anilines is 1. The minimum Gasteiger partial charge on any atom is -0.399 e. The van der Waals surface area contributed by atoms with Gasteiger partial charge in [-0.2, -0.15) is 5.26 Å². The van der Waals surface area contributed by atoms with Crippen molar-refractivity contribution in [3.05, 3.63) is 29.8 Å². The average molecular weight is 124 g/mol. The first-order chi connectivity index (χ1) is 4.33. The van der Waals surface area contributed by atoms with E-state index in [0.29, 0.717) is 11.3 Å². The number of hydrogen-bond acceptors (Lipinski definition) is 2. The van der Waals surface area contributed by atoms with Gasteiger partial charge in [0.15, 0.2) is 0 Å². The van der Waals surface area contributed by atoms with Crippen molar-refractivity contribution in [2.24, 2.45) is 0 Å². The normalized spacial score (nSPS) is 8.33. The van der Waals surface area contributed by atoms with Crippen LogP contribution in [0.1, 0.15) is 5.56 Å². The maximum Gasteiger partial charge on any atom is 0.0991 e. The summed E-state index contributed by atoms with van der Waals surface area (Å²) >= 11 is 0. The number of nitrogens with two attached hydrogens (primary N) is 1. The number of nitrogens with zero attached hydrogens (tertiary/aromatic N) is 1. The highest BCUT2D eigenvalue weighted by Gasteiger charge is 1.85. The van der Waals surface area contributed by atoms with Gasteiger partial charge in [-0.1, -0.05) is 0 Å². The van der Waals surface area contributed by atoms with Gasteiger partial charge >= 0.3 is 0 Å². The van der Waals surface area contributed by atoms with Gasteiger partial charge in [-0.3, -0.25) is 0 Å². The van der Waals surface area contributed by atoms with Crippen molar-refractivity contribution < 1.29 is 0 Å². The Balaban J connectivity index is 3.06. The van der Waals surface area contributed by atoms with Crippen LogP contribution in [-0.4, -0.2) is 0 Å². The molecule has 9 heavy (non-hydrogen) atoms. The van der Waals surface area contributed by atoms with Gasteiger partial charge in [-0.15, -0.1) is 0 Å². The molecular formula is C7H6N2. The quantitative estimate of drug-likeness (QED) is 0.527. The number of nitriles is 1. The minimum absolute atomic E-state index is 0.643. The molecule has 1 aromatic rings. The van der Waals surface area contributed by atoms with Crippen molar-refractivity contribution in [3.63, 3.8) is 0 Å². The van der Waals surface area contributed by atoms with Crippen LogP contribution in [-0.2, 0) is 0 Å². The molecular weight excluding hydrogens is 118 g/mol. The first-order valence-electron chi connectivity index (χ1n) is 2.58. The van der Waals surface area contributed by atoms with Crippen molar-refractivity contribution in [1.82, 2.24) is 0 Å². The Kier molecular flexibility index (Phi) is 1.37. The molecule has 0 aliphatic rings. The van der Waals surface area contributed by atoms with E-state index in [1.165, 1.54) is 0 Å². The zero-order valence-corrected chi connectivity index (χ0v) is 4.83. The molecule has 0 bridgehead atoms. The predicted octanol–water partition coefficient (Wildman–Crippen LogP) is 1.14. The zero-order valence-electron chi connectivity index (χ0n) is 4.83. The highest BCUT2D eigenvalue weighted by atomic mass is 15.0. The SMILES string of the molecule is N#C[13c]1[13cH][13cH][13c](N)[13cH][13cH]1. The summed E-state index contributed by atoms with van der Waals surface area (Å²) in [5.74, 6) is 0. The molecule has 2 nitrogen and oxygen atoms in total. The molecule has 0 heterocycles. The lowest BCUT2D eigenvalue weighted by Gasteiger charge is -1.88. The number of benzene rings is 1. The largest absolute Gasteiger partial charge is 0.399 e. The topological polar surface area (TPSA) is 49.8 Å². The summed E-state index contributed by atoms with van der Waals surface area (Å²) in [6, 6.07) is 8.79. The Morgan fingerprint density at radius 2 is 1.78 bits per heavy atom. The van der Waals surface area contributed by atoms with Crippen LogP contribution in [0.2, 0.25) is 0 Å². The van der Waals surface area contributed by atoms with Crippen molar-refractivity contribution in [3.8, 4) is 6.07 Å². The fraction of sp³-hybridized carbons (Fsp3) is 0. The minimum atomic E-state index is 0.643. The molecule has 2 N–H and O–H groups in total. The number of rotatable bonds is 0. The van der Waals surface area contributed by atoms with Crippen molar-refractivity contribution >= 4 is 5.69 Å². The molecule has 0 aromatic heterocycles. The third-order valence-electron chi connectivity index (χ3n) is 1.04. The van der Waals surface area contributed by atoms with E-state index in [-0.39, 0.29) is 0 Å². The van der Waals surface area contributed by atoms with Crippen LogP contribution in [0.5, 0.6) is 0 Å². The van der Waals surface area contributed by atoms with Crippen LogP contribution in [0.25, 0.3) is 0 Å². The molecule has 44 valence electrons. The maximum absolute atomic E-state index is 8.34. The fourth-order valence-electron chi connectivity index (χ4n) is 0.558. The Labute approximate surface area is 53.5 Å². The molecule has 0 saturated heterocycles. The summed E-state index contributed by atoms with van der Waals surface area (Å²) in [6.45, 7) is 0. The monoisotopic (exact) mass is 124 g/mol. The standard InChI is InChI=1S/C7H6N2/c8-5-6-1-3-7(9)4-2-6/h1-4H,9H2/i1+1,2+1,3+1,4+1,6+1,7+1. The summed E-state index contributed by atoms with van der Waals surface area (Å²) in [6.07, 6.45) is 0. The molecule has 1 rings (SSSR count). The molecule has 0 spiro atoms. The van der Waals surface area contributed by atoms with Crippen LogP contribution in [0.15, 0.2) is 24.3 Å². The van der Waals surface area contributed by atoms with E-state index in [4.69, 9.17) is 11.0 Å². The second kappa shape index (κ2) is 2.19. The van der Waals surface area contributed by atoms with Gasteiger partial charge in [-0.05, 0) is 24.3 Å². The van der Waals surface area contributed by atoms with Crippen LogP contribution in [0, 0.1) is 11.3 Å². The summed E-state index contributed by atoms with van der Waals surface area (Å²) in [5.41, 5.74) is 6.70. The Hall–Kier alpha value is -1.49. The van der Waals surface area contributed by atoms with E-state index in [9.17, 15) is 0 Å². The highest BCUT2D eigenvalue weighted by molar-refractivity contribution is 5.42. The highest BCUT2D eigenvalue weighted by Crippen LogP contribution is 2.02. The van der Waals surface area contributed by atoms with E-state index < -0.39 is 0 Å². The first kappa shape index (κ1) is 5.64. The van der Waals surface area contributed by atoms with E-state index >= 15 is 0 Å². The smallest absolute Gasteiger partial charge is 0.0991 e. The molecule has 0 unspecified atom stereocenters. The van der Waals surface area contributed by atoms with Gasteiger partial charge in [0.2, 0.25) is 0 Å². The lowest BCUT2D eigenvalue weighted by molar-refractivity contribution is 1.49. The molecule has 0 aliphatic heterocycles. The van der Waals surface area contributed by atoms with E-state index in [0.717, 1.165) is 0 Å². The van der Waals surface area contributed by atoms with Gasteiger partial charge in [0.1, 0.15) is 0 Å². The number of nitrogen functional groups attached to an aromatic ring is 1. The van der Waals surface area contributed by atoms with Gasteiger partial charge in [0.25, 0.3) is 0 Å². The second-order valence-electron chi connectivity index (χ2n) is 1.73. The van der Waals surface area contributed by atoms with Gasteiger partial charge in [0.05, 0.1) is 11.6 Å². The molecule has 0 amide bonds. The van der Waals surface area contributed by atoms with Gasteiger partial charge in [0, 0.05) is 5.69 Å². The van der Waals surface area contributed by atoms with Crippen LogP contribution in [0.4, 0.5) is 5.69 Å². The van der Waals surface area contributed by atoms with E-state index in [1.807, 2.05) is 6.07 Å². The Morgan fingerprint density at radius 1 is 1.22 bits per heavy atom. The third kappa shape index (κ3) is 1.20. The van der Waals surface area contributed by atoms with Crippen LogP contribution < -0.4 is 5.73 Å². The van der Waals surface area contributed by atoms with Crippen molar-refractivity contribution in [1.29, 1.82) is 5.26 Å². The van der Waals surface area contributed by atoms with Crippen molar-refractivity contribution in [2.45, 2.75) is 0 Å². The summed E-state index contributed by atoms with van der Waals surface area (Å²) < 4.78 is 0. The van der Waals surface area contributed by atoms with Gasteiger partial charge < -0.3 is 5.73 Å². The second-order valence-corrected chi connectivity index (χ2v) is 1.73. The molecule has 0 radical (unpaired) electrons. The maximum atomic E-state index is 8.34. The van der Waals surface area contributed by atoms with Crippen LogP contribution >= 0.6 is 0 Å². The molecule has 0 fully saturated rings. The molecule has 0 aliphatic carbocycles. The summed E-state index contributed by atoms with van der Waals surface area (Å²) in [4.78, 5) is 0. The lowest BCUT2D eigenvalue weighted by Crippen LogP contribution is -1.82. The van der Waals surface area contributed by atoms with Gasteiger partial charge in [-0.25, -0.2) is 0 Å². The molecule has 0 atom stereocenters. The van der Waals surface area contributed by atoms with E-state index in [2.05, 4.69) is 0 Å². The predicted molar refractivity (Wildman–Crippen MR) is 35.6 cm³/mol. The third-order valence-corrected chi connectivity index (χ3v) is 1.04. The van der Waals surface area contributed by atoms with Crippen LogP contribution in [0.3, 0.4) is 0 Å². The van der Waals surface area contributed by atoms with Crippen molar-refractivity contribution in [2.75, 3.05) is 5.73 Å². The molecule has 1 aromatic carbocycles. The number of hydrogen-bond donors (Lipinski definition) is 1. The summed E-state index contributed by atoms with van der Waals surface area (Å²) in [5, 5.41) is 8.34. The molecule has 2 heteroatoms. The fourth-order valence-corrected chi connectivity index (χ4v) is 0.558. The summed E-state index contributed by atoms with van der Waals surface area (Å²) in [7, 11) is 0. The first-order valence-corrected chi connectivity index (χ1v) is 2.58. The Morgan fingerprint density at radius 3 is 2.22 bits per heavy atom. The average Bonchev–Trinajstić information content (AvgIpc) is 1.90. The zero-order chi connectivity index (χ0) is 6.69. The lowest BCUT2D eigenvalue weighted by atomic mass is 11.0.